The number of carbonyl (C=O) groups excluding carboxylic acids is 1. The first-order valence-corrected chi connectivity index (χ1v) is 8.39. The van der Waals surface area contributed by atoms with E-state index in [2.05, 4.69) is 25.3 Å². The van der Waals surface area contributed by atoms with Gasteiger partial charge in [0, 0.05) is 18.4 Å². The third-order valence-corrected chi connectivity index (χ3v) is 3.99. The summed E-state index contributed by atoms with van der Waals surface area (Å²) in [4.78, 5) is 28.5. The Morgan fingerprint density at radius 1 is 0.962 bits per heavy atom. The average molecular weight is 343 g/mol. The standard InChI is InChI=1S/C20H17N5O/c26-19(11-10-18-24-16-8-4-5-9-17(16)25-18)23-15-12-21-20(22-13-15)14-6-2-1-3-7-14/h1-9,12-13H,10-11H2,(H,23,26)(H,24,25). The normalized spacial score (nSPS) is 10.8. The van der Waals surface area contributed by atoms with Crippen LogP contribution in [0, 0.1) is 0 Å². The minimum atomic E-state index is -0.0958. The summed E-state index contributed by atoms with van der Waals surface area (Å²) in [7, 11) is 0. The van der Waals surface area contributed by atoms with Crippen LogP contribution in [0.1, 0.15) is 12.2 Å². The van der Waals surface area contributed by atoms with Crippen LogP contribution in [0.4, 0.5) is 5.69 Å². The van der Waals surface area contributed by atoms with E-state index in [0.29, 0.717) is 24.4 Å². The molecule has 4 aromatic rings. The molecule has 0 atom stereocenters. The summed E-state index contributed by atoms with van der Waals surface area (Å²) in [5.74, 6) is 1.34. The fraction of sp³-hybridized carbons (Fsp3) is 0.100. The van der Waals surface area contributed by atoms with Crippen LogP contribution < -0.4 is 5.32 Å². The highest BCUT2D eigenvalue weighted by molar-refractivity contribution is 5.90. The zero-order chi connectivity index (χ0) is 17.8. The molecular formula is C20H17N5O. The molecule has 6 nitrogen and oxygen atoms in total. The van der Waals surface area contributed by atoms with Crippen molar-refractivity contribution in [3.63, 3.8) is 0 Å². The molecule has 2 aromatic heterocycles. The van der Waals surface area contributed by atoms with Gasteiger partial charge in [-0.1, -0.05) is 42.5 Å². The van der Waals surface area contributed by atoms with E-state index in [9.17, 15) is 4.79 Å². The second-order valence-corrected chi connectivity index (χ2v) is 5.91. The number of nitrogens with one attached hydrogen (secondary N) is 2. The number of H-pyrrole nitrogens is 1. The maximum absolute atomic E-state index is 12.1. The van der Waals surface area contributed by atoms with E-state index in [1.165, 1.54) is 0 Å². The molecule has 0 unspecified atom stereocenters. The van der Waals surface area contributed by atoms with Gasteiger partial charge in [0.2, 0.25) is 5.91 Å². The molecular weight excluding hydrogens is 326 g/mol. The molecule has 4 rings (SSSR count). The molecule has 2 heterocycles. The maximum atomic E-state index is 12.1. The molecule has 2 N–H and O–H groups in total. The summed E-state index contributed by atoms with van der Waals surface area (Å²) in [6.07, 6.45) is 4.12. The summed E-state index contributed by atoms with van der Waals surface area (Å²) >= 11 is 0. The van der Waals surface area contributed by atoms with E-state index < -0.39 is 0 Å². The number of hydrogen-bond donors (Lipinski definition) is 2. The van der Waals surface area contributed by atoms with E-state index in [4.69, 9.17) is 0 Å². The Hall–Kier alpha value is -3.54. The van der Waals surface area contributed by atoms with Gasteiger partial charge in [-0.25, -0.2) is 15.0 Å². The van der Waals surface area contributed by atoms with E-state index in [-0.39, 0.29) is 5.91 Å². The Morgan fingerprint density at radius 3 is 2.46 bits per heavy atom. The Kier molecular flexibility index (Phi) is 4.38. The molecule has 26 heavy (non-hydrogen) atoms. The van der Waals surface area contributed by atoms with Gasteiger partial charge in [-0.15, -0.1) is 0 Å². The molecule has 6 heteroatoms. The van der Waals surface area contributed by atoms with Crippen molar-refractivity contribution in [1.29, 1.82) is 0 Å². The van der Waals surface area contributed by atoms with Crippen molar-refractivity contribution < 1.29 is 4.79 Å². The maximum Gasteiger partial charge on any atom is 0.224 e. The van der Waals surface area contributed by atoms with Crippen molar-refractivity contribution in [2.75, 3.05) is 5.32 Å². The minimum Gasteiger partial charge on any atom is -0.342 e. The van der Waals surface area contributed by atoms with Gasteiger partial charge < -0.3 is 10.3 Å². The van der Waals surface area contributed by atoms with Crippen LogP contribution in [0.2, 0.25) is 0 Å². The fourth-order valence-corrected chi connectivity index (χ4v) is 2.71. The van der Waals surface area contributed by atoms with Crippen LogP contribution in [-0.2, 0) is 11.2 Å². The Labute approximate surface area is 150 Å². The number of aryl methyl sites for hydroxylation is 1. The number of nitrogens with zero attached hydrogens (tertiary/aromatic N) is 3. The number of fused-ring (bicyclic) bond motifs is 1. The van der Waals surface area contributed by atoms with Crippen molar-refractivity contribution in [2.24, 2.45) is 0 Å². The second kappa shape index (κ2) is 7.14. The first-order valence-electron chi connectivity index (χ1n) is 8.39. The van der Waals surface area contributed by atoms with Crippen LogP contribution in [0.5, 0.6) is 0 Å². The number of imidazole rings is 1. The van der Waals surface area contributed by atoms with Crippen molar-refractivity contribution in [2.45, 2.75) is 12.8 Å². The van der Waals surface area contributed by atoms with Crippen LogP contribution >= 0.6 is 0 Å². The quantitative estimate of drug-likeness (QED) is 0.580. The zero-order valence-electron chi connectivity index (χ0n) is 14.0. The number of rotatable bonds is 5. The highest BCUT2D eigenvalue weighted by atomic mass is 16.1. The summed E-state index contributed by atoms with van der Waals surface area (Å²) in [5.41, 5.74) is 3.41. The Balaban J connectivity index is 1.35. The number of aromatic nitrogens is 4. The molecule has 0 bridgehead atoms. The van der Waals surface area contributed by atoms with Gasteiger partial charge in [-0.05, 0) is 12.1 Å². The summed E-state index contributed by atoms with van der Waals surface area (Å²) in [6, 6.07) is 17.5. The van der Waals surface area contributed by atoms with Gasteiger partial charge >= 0.3 is 0 Å². The smallest absolute Gasteiger partial charge is 0.224 e. The number of amides is 1. The number of para-hydroxylation sites is 2. The largest absolute Gasteiger partial charge is 0.342 e. The molecule has 0 saturated heterocycles. The van der Waals surface area contributed by atoms with Crippen LogP contribution in [-0.4, -0.2) is 25.8 Å². The highest BCUT2D eigenvalue weighted by Gasteiger charge is 2.08. The predicted molar refractivity (Wildman–Crippen MR) is 101 cm³/mol. The average Bonchev–Trinajstić information content (AvgIpc) is 3.11. The Morgan fingerprint density at radius 2 is 1.69 bits per heavy atom. The third kappa shape index (κ3) is 3.59. The molecule has 0 saturated carbocycles. The zero-order valence-corrected chi connectivity index (χ0v) is 14.0. The first-order chi connectivity index (χ1) is 12.8. The number of benzene rings is 2. The molecule has 128 valence electrons. The second-order valence-electron chi connectivity index (χ2n) is 5.91. The summed E-state index contributed by atoms with van der Waals surface area (Å²) < 4.78 is 0. The molecule has 0 radical (unpaired) electrons. The van der Waals surface area contributed by atoms with E-state index in [1.54, 1.807) is 12.4 Å². The number of carbonyl (C=O) groups is 1. The highest BCUT2D eigenvalue weighted by Crippen LogP contribution is 2.15. The van der Waals surface area contributed by atoms with Gasteiger partial charge in [0.25, 0.3) is 0 Å². The van der Waals surface area contributed by atoms with Gasteiger partial charge in [0.15, 0.2) is 5.82 Å². The first kappa shape index (κ1) is 16.0. The van der Waals surface area contributed by atoms with Gasteiger partial charge in [0.05, 0.1) is 29.1 Å². The minimum absolute atomic E-state index is 0.0958. The van der Waals surface area contributed by atoms with Crippen LogP contribution in [0.3, 0.4) is 0 Å². The summed E-state index contributed by atoms with van der Waals surface area (Å²) in [6.45, 7) is 0. The topological polar surface area (TPSA) is 83.6 Å². The third-order valence-electron chi connectivity index (χ3n) is 3.99. The fourth-order valence-electron chi connectivity index (χ4n) is 2.71. The van der Waals surface area contributed by atoms with Crippen LogP contribution in [0.15, 0.2) is 67.0 Å². The Bertz CT molecular complexity index is 992. The van der Waals surface area contributed by atoms with E-state index in [1.807, 2.05) is 54.6 Å². The van der Waals surface area contributed by atoms with E-state index >= 15 is 0 Å². The molecule has 2 aromatic carbocycles. The molecule has 0 aliphatic carbocycles. The molecule has 0 fully saturated rings. The lowest BCUT2D eigenvalue weighted by Gasteiger charge is -2.05. The molecule has 0 aliphatic rings. The van der Waals surface area contributed by atoms with Gasteiger partial charge in [-0.3, -0.25) is 4.79 Å². The monoisotopic (exact) mass is 343 g/mol. The summed E-state index contributed by atoms with van der Waals surface area (Å²) in [5, 5.41) is 2.82. The number of aromatic amines is 1. The lowest BCUT2D eigenvalue weighted by atomic mass is 10.2. The van der Waals surface area contributed by atoms with Crippen molar-refractivity contribution >= 4 is 22.6 Å². The van der Waals surface area contributed by atoms with Crippen LogP contribution in [0.25, 0.3) is 22.4 Å². The lowest BCUT2D eigenvalue weighted by molar-refractivity contribution is -0.116. The molecule has 0 spiro atoms. The van der Waals surface area contributed by atoms with Gasteiger partial charge in [0.1, 0.15) is 5.82 Å². The lowest BCUT2D eigenvalue weighted by Crippen LogP contribution is -2.13. The van der Waals surface area contributed by atoms with Crippen molar-refractivity contribution in [1.82, 2.24) is 19.9 Å². The molecule has 1 amide bonds. The van der Waals surface area contributed by atoms with Crippen molar-refractivity contribution in [3.05, 3.63) is 72.8 Å². The van der Waals surface area contributed by atoms with Gasteiger partial charge in [-0.2, -0.15) is 0 Å². The number of anilines is 1. The number of hydrogen-bond acceptors (Lipinski definition) is 4. The predicted octanol–water partition coefficient (Wildman–Crippen LogP) is 3.59. The molecule has 0 aliphatic heterocycles. The van der Waals surface area contributed by atoms with E-state index in [0.717, 1.165) is 22.4 Å². The van der Waals surface area contributed by atoms with Crippen molar-refractivity contribution in [3.8, 4) is 11.4 Å². The SMILES string of the molecule is O=C(CCc1nc2ccccc2[nH]1)Nc1cnc(-c2ccccc2)nc1.